The van der Waals surface area contributed by atoms with Gasteiger partial charge in [-0.15, -0.1) is 0 Å². The van der Waals surface area contributed by atoms with E-state index in [2.05, 4.69) is 35.3 Å². The molecular formula is C16H24N4O. The summed E-state index contributed by atoms with van der Waals surface area (Å²) in [6, 6.07) is 4.33. The van der Waals surface area contributed by atoms with E-state index in [4.69, 9.17) is 4.74 Å². The van der Waals surface area contributed by atoms with Crippen LogP contribution in [-0.2, 0) is 13.0 Å². The summed E-state index contributed by atoms with van der Waals surface area (Å²) >= 11 is 0. The summed E-state index contributed by atoms with van der Waals surface area (Å²) in [5.74, 6) is 0.856. The van der Waals surface area contributed by atoms with E-state index in [1.807, 2.05) is 16.9 Å². The zero-order chi connectivity index (χ0) is 15.1. The Morgan fingerprint density at radius 1 is 1.33 bits per heavy atom. The van der Waals surface area contributed by atoms with E-state index in [9.17, 15) is 0 Å². The molecule has 0 saturated heterocycles. The highest BCUT2D eigenvalue weighted by atomic mass is 16.5. The third-order valence-electron chi connectivity index (χ3n) is 3.59. The summed E-state index contributed by atoms with van der Waals surface area (Å²) in [7, 11) is 1.70. The van der Waals surface area contributed by atoms with Crippen LogP contribution in [0.1, 0.15) is 37.6 Å². The number of rotatable bonds is 8. The van der Waals surface area contributed by atoms with Gasteiger partial charge >= 0.3 is 0 Å². The van der Waals surface area contributed by atoms with E-state index in [0.29, 0.717) is 0 Å². The van der Waals surface area contributed by atoms with Crippen molar-refractivity contribution in [2.45, 2.75) is 39.3 Å². The standard InChI is InChI=1S/C16H24N4O/c1-4-18-14(9-8-13-7-6-10-17-11-13)16-15(21-3)12-19-20(16)5-2/h6-7,10-12,14,18H,4-5,8-9H2,1-3H3. The molecule has 0 aliphatic rings. The van der Waals surface area contributed by atoms with Crippen LogP contribution in [0.15, 0.2) is 30.7 Å². The Bertz CT molecular complexity index is 517. The summed E-state index contributed by atoms with van der Waals surface area (Å²) in [5.41, 5.74) is 2.38. The van der Waals surface area contributed by atoms with Crippen molar-refractivity contribution in [2.24, 2.45) is 0 Å². The average molecular weight is 288 g/mol. The molecule has 2 rings (SSSR count). The predicted molar refractivity (Wildman–Crippen MR) is 83.4 cm³/mol. The lowest BCUT2D eigenvalue weighted by Gasteiger charge is -2.20. The molecule has 0 aliphatic carbocycles. The fourth-order valence-corrected chi connectivity index (χ4v) is 2.58. The highest BCUT2D eigenvalue weighted by Crippen LogP contribution is 2.28. The lowest BCUT2D eigenvalue weighted by Crippen LogP contribution is -2.25. The first-order valence-electron chi connectivity index (χ1n) is 7.52. The smallest absolute Gasteiger partial charge is 0.161 e. The first-order chi connectivity index (χ1) is 10.3. The number of pyridine rings is 1. The maximum atomic E-state index is 5.47. The van der Waals surface area contributed by atoms with Crippen LogP contribution in [0.3, 0.4) is 0 Å². The Balaban J connectivity index is 2.16. The van der Waals surface area contributed by atoms with Gasteiger partial charge in [0.2, 0.25) is 0 Å². The van der Waals surface area contributed by atoms with E-state index in [1.54, 1.807) is 19.5 Å². The Labute approximate surface area is 126 Å². The van der Waals surface area contributed by atoms with Gasteiger partial charge in [-0.25, -0.2) is 0 Å². The fraction of sp³-hybridized carbons (Fsp3) is 0.500. The number of aryl methyl sites for hydroxylation is 2. The molecule has 1 unspecified atom stereocenters. The Morgan fingerprint density at radius 3 is 2.81 bits per heavy atom. The van der Waals surface area contributed by atoms with Crippen molar-refractivity contribution >= 4 is 0 Å². The van der Waals surface area contributed by atoms with Crippen LogP contribution in [0.2, 0.25) is 0 Å². The maximum absolute atomic E-state index is 5.47. The van der Waals surface area contributed by atoms with E-state index in [1.165, 1.54) is 5.56 Å². The van der Waals surface area contributed by atoms with Gasteiger partial charge in [0.15, 0.2) is 5.75 Å². The summed E-state index contributed by atoms with van der Waals surface area (Å²) in [6.45, 7) is 5.97. The van der Waals surface area contributed by atoms with Gasteiger partial charge in [-0.05, 0) is 37.9 Å². The largest absolute Gasteiger partial charge is 0.493 e. The molecule has 0 spiro atoms. The van der Waals surface area contributed by atoms with Crippen LogP contribution in [0, 0.1) is 0 Å². The topological polar surface area (TPSA) is 52.0 Å². The molecule has 0 fully saturated rings. The molecule has 5 nitrogen and oxygen atoms in total. The van der Waals surface area contributed by atoms with Crippen LogP contribution in [0.25, 0.3) is 0 Å². The highest BCUT2D eigenvalue weighted by molar-refractivity contribution is 5.28. The number of methoxy groups -OCH3 is 1. The Morgan fingerprint density at radius 2 is 2.19 bits per heavy atom. The molecule has 2 heterocycles. The van der Waals surface area contributed by atoms with Crippen molar-refractivity contribution in [3.63, 3.8) is 0 Å². The van der Waals surface area contributed by atoms with Crippen molar-refractivity contribution in [1.29, 1.82) is 0 Å². The first kappa shape index (κ1) is 15.5. The van der Waals surface area contributed by atoms with Crippen LogP contribution in [0.5, 0.6) is 5.75 Å². The second kappa shape index (κ2) is 7.78. The Kier molecular flexibility index (Phi) is 5.75. The van der Waals surface area contributed by atoms with Crippen LogP contribution in [0.4, 0.5) is 0 Å². The SMILES string of the molecule is CCNC(CCc1cccnc1)c1c(OC)cnn1CC. The molecule has 0 aliphatic heterocycles. The number of hydrogen-bond acceptors (Lipinski definition) is 4. The normalized spacial score (nSPS) is 12.3. The van der Waals surface area contributed by atoms with Crippen LogP contribution < -0.4 is 10.1 Å². The zero-order valence-corrected chi connectivity index (χ0v) is 13.0. The molecule has 2 aromatic rings. The van der Waals surface area contributed by atoms with Crippen molar-refractivity contribution in [1.82, 2.24) is 20.1 Å². The molecular weight excluding hydrogens is 264 g/mol. The number of nitrogens with one attached hydrogen (secondary N) is 1. The van der Waals surface area contributed by atoms with Gasteiger partial charge in [-0.3, -0.25) is 9.67 Å². The molecule has 1 N–H and O–H groups in total. The quantitative estimate of drug-likeness (QED) is 0.811. The molecule has 0 bridgehead atoms. The van der Waals surface area contributed by atoms with Gasteiger partial charge in [0.05, 0.1) is 25.0 Å². The molecule has 21 heavy (non-hydrogen) atoms. The third-order valence-corrected chi connectivity index (χ3v) is 3.59. The van der Waals surface area contributed by atoms with Gasteiger partial charge in [0, 0.05) is 18.9 Å². The number of hydrogen-bond donors (Lipinski definition) is 1. The van der Waals surface area contributed by atoms with E-state index in [0.717, 1.165) is 37.4 Å². The van der Waals surface area contributed by atoms with Gasteiger partial charge < -0.3 is 10.1 Å². The molecule has 114 valence electrons. The minimum Gasteiger partial charge on any atom is -0.493 e. The van der Waals surface area contributed by atoms with Gasteiger partial charge in [-0.1, -0.05) is 13.0 Å². The van der Waals surface area contributed by atoms with Gasteiger partial charge in [0.1, 0.15) is 0 Å². The molecule has 0 saturated carbocycles. The van der Waals surface area contributed by atoms with E-state index < -0.39 is 0 Å². The molecule has 0 amide bonds. The van der Waals surface area contributed by atoms with Crippen LogP contribution in [-0.4, -0.2) is 28.4 Å². The van der Waals surface area contributed by atoms with E-state index >= 15 is 0 Å². The summed E-state index contributed by atoms with van der Waals surface area (Å²) in [5, 5.41) is 7.95. The minimum absolute atomic E-state index is 0.229. The predicted octanol–water partition coefficient (Wildman–Crippen LogP) is 2.59. The van der Waals surface area contributed by atoms with Crippen molar-refractivity contribution in [3.05, 3.63) is 42.0 Å². The fourth-order valence-electron chi connectivity index (χ4n) is 2.58. The second-order valence-corrected chi connectivity index (χ2v) is 4.92. The van der Waals surface area contributed by atoms with Crippen molar-refractivity contribution in [2.75, 3.05) is 13.7 Å². The average Bonchev–Trinajstić information content (AvgIpc) is 2.95. The summed E-state index contributed by atoms with van der Waals surface area (Å²) in [6.07, 6.45) is 7.50. The molecule has 1 atom stereocenters. The number of ether oxygens (including phenoxy) is 1. The molecule has 0 aromatic carbocycles. The third kappa shape index (κ3) is 3.82. The number of aromatic nitrogens is 3. The lowest BCUT2D eigenvalue weighted by atomic mass is 10.0. The molecule has 0 radical (unpaired) electrons. The zero-order valence-electron chi connectivity index (χ0n) is 13.0. The molecule has 5 heteroatoms. The summed E-state index contributed by atoms with van der Waals surface area (Å²) < 4.78 is 7.48. The van der Waals surface area contributed by atoms with E-state index in [-0.39, 0.29) is 6.04 Å². The summed E-state index contributed by atoms with van der Waals surface area (Å²) in [4.78, 5) is 4.18. The first-order valence-corrected chi connectivity index (χ1v) is 7.52. The molecule has 2 aromatic heterocycles. The van der Waals surface area contributed by atoms with Gasteiger partial charge in [0.25, 0.3) is 0 Å². The lowest BCUT2D eigenvalue weighted by molar-refractivity contribution is 0.387. The second-order valence-electron chi connectivity index (χ2n) is 4.92. The van der Waals surface area contributed by atoms with Crippen molar-refractivity contribution in [3.8, 4) is 5.75 Å². The number of nitrogens with zero attached hydrogens (tertiary/aromatic N) is 3. The Hall–Kier alpha value is -1.88. The van der Waals surface area contributed by atoms with Gasteiger partial charge in [-0.2, -0.15) is 5.10 Å². The van der Waals surface area contributed by atoms with Crippen molar-refractivity contribution < 1.29 is 4.74 Å². The minimum atomic E-state index is 0.229. The maximum Gasteiger partial charge on any atom is 0.161 e. The van der Waals surface area contributed by atoms with Crippen LogP contribution >= 0.6 is 0 Å². The monoisotopic (exact) mass is 288 g/mol. The highest BCUT2D eigenvalue weighted by Gasteiger charge is 2.20.